The SMILES string of the molecule is N/C(=N/O)c1cccc2c1CCC21OCCCO1. The van der Waals surface area contributed by atoms with Crippen molar-refractivity contribution in [3.8, 4) is 0 Å². The maximum Gasteiger partial charge on any atom is 0.195 e. The Morgan fingerprint density at radius 2 is 2.11 bits per heavy atom. The number of nitrogens with zero attached hydrogens (tertiary/aromatic N) is 1. The number of oxime groups is 1. The van der Waals surface area contributed by atoms with E-state index in [4.69, 9.17) is 20.4 Å². The Kier molecular flexibility index (Phi) is 2.72. The predicted octanol–water partition coefficient (Wildman–Crippen LogP) is 1.32. The number of hydrogen-bond donors (Lipinski definition) is 2. The summed E-state index contributed by atoms with van der Waals surface area (Å²) in [5.41, 5.74) is 8.56. The van der Waals surface area contributed by atoms with Gasteiger partial charge in [-0.1, -0.05) is 23.4 Å². The highest BCUT2D eigenvalue weighted by Gasteiger charge is 2.43. The summed E-state index contributed by atoms with van der Waals surface area (Å²) in [6, 6.07) is 5.75. The standard InChI is InChI=1S/C13H16N2O3/c14-12(15-16)10-3-1-4-11-9(10)5-6-13(11)17-7-2-8-18-13/h1,3-4,16H,2,5-8H2,(H2,14,15). The summed E-state index contributed by atoms with van der Waals surface area (Å²) in [6.07, 6.45) is 2.54. The summed E-state index contributed by atoms with van der Waals surface area (Å²) in [4.78, 5) is 0. The molecule has 1 aromatic carbocycles. The fraction of sp³-hybridized carbons (Fsp3) is 0.462. The van der Waals surface area contributed by atoms with E-state index in [9.17, 15) is 0 Å². The third-order valence-electron chi connectivity index (χ3n) is 3.63. The third kappa shape index (κ3) is 1.59. The number of benzene rings is 1. The lowest BCUT2D eigenvalue weighted by molar-refractivity contribution is -0.274. The van der Waals surface area contributed by atoms with E-state index in [0.717, 1.165) is 36.0 Å². The van der Waals surface area contributed by atoms with Crippen molar-refractivity contribution >= 4 is 5.84 Å². The Bertz CT molecular complexity index is 493. The van der Waals surface area contributed by atoms with Crippen LogP contribution >= 0.6 is 0 Å². The molecule has 1 heterocycles. The summed E-state index contributed by atoms with van der Waals surface area (Å²) in [5, 5.41) is 11.9. The molecule has 0 saturated carbocycles. The molecule has 18 heavy (non-hydrogen) atoms. The van der Waals surface area contributed by atoms with Crippen molar-refractivity contribution < 1.29 is 14.7 Å². The van der Waals surface area contributed by atoms with Gasteiger partial charge >= 0.3 is 0 Å². The van der Waals surface area contributed by atoms with Crippen molar-refractivity contribution in [2.45, 2.75) is 25.0 Å². The zero-order valence-electron chi connectivity index (χ0n) is 10.1. The normalized spacial score (nSPS) is 22.1. The van der Waals surface area contributed by atoms with Crippen LogP contribution in [0.5, 0.6) is 0 Å². The van der Waals surface area contributed by atoms with Gasteiger partial charge in [-0.05, 0) is 18.4 Å². The van der Waals surface area contributed by atoms with Gasteiger partial charge in [0.2, 0.25) is 0 Å². The second-order valence-corrected chi connectivity index (χ2v) is 4.62. The topological polar surface area (TPSA) is 77.1 Å². The highest BCUT2D eigenvalue weighted by Crippen LogP contribution is 2.43. The highest BCUT2D eigenvalue weighted by molar-refractivity contribution is 5.98. The van der Waals surface area contributed by atoms with Crippen LogP contribution in [0, 0.1) is 0 Å². The smallest absolute Gasteiger partial charge is 0.195 e. The molecule has 2 aliphatic rings. The lowest BCUT2D eigenvalue weighted by atomic mass is 10.0. The van der Waals surface area contributed by atoms with Crippen LogP contribution in [-0.2, 0) is 21.7 Å². The Balaban J connectivity index is 2.07. The number of amidine groups is 1. The Morgan fingerprint density at radius 3 is 2.83 bits per heavy atom. The number of nitrogens with two attached hydrogens (primary N) is 1. The monoisotopic (exact) mass is 248 g/mol. The second kappa shape index (κ2) is 4.26. The molecule has 5 nitrogen and oxygen atoms in total. The van der Waals surface area contributed by atoms with Gasteiger partial charge in [-0.2, -0.15) is 0 Å². The molecule has 1 fully saturated rings. The van der Waals surface area contributed by atoms with Crippen LogP contribution in [0.3, 0.4) is 0 Å². The molecule has 1 saturated heterocycles. The van der Waals surface area contributed by atoms with Crippen LogP contribution in [0.15, 0.2) is 23.4 Å². The molecule has 0 radical (unpaired) electrons. The fourth-order valence-corrected chi connectivity index (χ4v) is 2.81. The molecule has 3 rings (SSSR count). The van der Waals surface area contributed by atoms with E-state index in [1.165, 1.54) is 0 Å². The zero-order valence-corrected chi connectivity index (χ0v) is 10.1. The lowest BCUT2D eigenvalue weighted by Gasteiger charge is -2.34. The quantitative estimate of drug-likeness (QED) is 0.340. The van der Waals surface area contributed by atoms with Crippen LogP contribution in [0.2, 0.25) is 0 Å². The van der Waals surface area contributed by atoms with Crippen molar-refractivity contribution in [2.75, 3.05) is 13.2 Å². The minimum atomic E-state index is -0.612. The molecule has 5 heteroatoms. The van der Waals surface area contributed by atoms with Gasteiger partial charge in [0, 0.05) is 17.5 Å². The highest BCUT2D eigenvalue weighted by atomic mass is 16.7. The lowest BCUT2D eigenvalue weighted by Crippen LogP contribution is -2.35. The number of fused-ring (bicyclic) bond motifs is 2. The van der Waals surface area contributed by atoms with E-state index < -0.39 is 5.79 Å². The molecule has 0 amide bonds. The molecule has 1 aliphatic carbocycles. The van der Waals surface area contributed by atoms with Gasteiger partial charge in [0.05, 0.1) is 13.2 Å². The van der Waals surface area contributed by atoms with Gasteiger partial charge in [-0.25, -0.2) is 0 Å². The van der Waals surface area contributed by atoms with E-state index in [-0.39, 0.29) is 5.84 Å². The van der Waals surface area contributed by atoms with Crippen LogP contribution in [0.1, 0.15) is 29.5 Å². The molecule has 96 valence electrons. The first-order valence-electron chi connectivity index (χ1n) is 6.15. The Labute approximate surface area is 105 Å². The van der Waals surface area contributed by atoms with Crippen molar-refractivity contribution in [1.82, 2.24) is 0 Å². The first kappa shape index (κ1) is 11.5. The number of hydrogen-bond acceptors (Lipinski definition) is 4. The zero-order chi connectivity index (χ0) is 12.6. The Hall–Kier alpha value is -1.59. The summed E-state index contributed by atoms with van der Waals surface area (Å²) >= 11 is 0. The Morgan fingerprint density at radius 1 is 1.33 bits per heavy atom. The average molecular weight is 248 g/mol. The van der Waals surface area contributed by atoms with E-state index in [1.807, 2.05) is 18.2 Å². The van der Waals surface area contributed by atoms with Gasteiger partial charge in [0.25, 0.3) is 0 Å². The first-order valence-corrected chi connectivity index (χ1v) is 6.15. The van der Waals surface area contributed by atoms with Crippen molar-refractivity contribution in [1.29, 1.82) is 0 Å². The minimum Gasteiger partial charge on any atom is -0.409 e. The second-order valence-electron chi connectivity index (χ2n) is 4.62. The van der Waals surface area contributed by atoms with Gasteiger partial charge < -0.3 is 20.4 Å². The van der Waals surface area contributed by atoms with Crippen molar-refractivity contribution in [3.63, 3.8) is 0 Å². The maximum atomic E-state index is 8.82. The molecular weight excluding hydrogens is 232 g/mol. The van der Waals surface area contributed by atoms with Crippen LogP contribution in [0.4, 0.5) is 0 Å². The number of rotatable bonds is 1. The van der Waals surface area contributed by atoms with Gasteiger partial charge in [0.15, 0.2) is 11.6 Å². The molecule has 0 unspecified atom stereocenters. The van der Waals surface area contributed by atoms with Gasteiger partial charge in [-0.15, -0.1) is 0 Å². The molecule has 1 aliphatic heterocycles. The average Bonchev–Trinajstić information content (AvgIpc) is 2.78. The van der Waals surface area contributed by atoms with E-state index in [1.54, 1.807) is 0 Å². The van der Waals surface area contributed by atoms with Crippen LogP contribution < -0.4 is 5.73 Å². The molecule has 0 aromatic heterocycles. The minimum absolute atomic E-state index is 0.139. The summed E-state index contributed by atoms with van der Waals surface area (Å²) in [5.74, 6) is -0.473. The summed E-state index contributed by atoms with van der Waals surface area (Å²) in [6.45, 7) is 1.43. The number of ether oxygens (including phenoxy) is 2. The van der Waals surface area contributed by atoms with Crippen molar-refractivity contribution in [3.05, 3.63) is 34.9 Å². The van der Waals surface area contributed by atoms with E-state index in [0.29, 0.717) is 13.2 Å². The maximum absolute atomic E-state index is 8.82. The molecule has 1 spiro atoms. The largest absolute Gasteiger partial charge is 0.409 e. The molecule has 3 N–H and O–H groups in total. The molecule has 0 atom stereocenters. The van der Waals surface area contributed by atoms with Crippen LogP contribution in [0.25, 0.3) is 0 Å². The summed E-state index contributed by atoms with van der Waals surface area (Å²) < 4.78 is 11.7. The van der Waals surface area contributed by atoms with E-state index in [2.05, 4.69) is 5.16 Å². The predicted molar refractivity (Wildman–Crippen MR) is 65.5 cm³/mol. The summed E-state index contributed by atoms with van der Waals surface area (Å²) in [7, 11) is 0. The van der Waals surface area contributed by atoms with Gasteiger partial charge in [-0.3, -0.25) is 0 Å². The third-order valence-corrected chi connectivity index (χ3v) is 3.63. The molecular formula is C13H16N2O3. The van der Waals surface area contributed by atoms with Crippen LogP contribution in [-0.4, -0.2) is 24.3 Å². The fourth-order valence-electron chi connectivity index (χ4n) is 2.81. The molecule has 0 bridgehead atoms. The van der Waals surface area contributed by atoms with Crippen molar-refractivity contribution in [2.24, 2.45) is 10.9 Å². The van der Waals surface area contributed by atoms with Gasteiger partial charge in [0.1, 0.15) is 0 Å². The van der Waals surface area contributed by atoms with E-state index >= 15 is 0 Å². The first-order chi connectivity index (χ1) is 8.77. The molecule has 1 aromatic rings.